The minimum atomic E-state index is -0.519. The van der Waals surface area contributed by atoms with Crippen LogP contribution in [0.4, 0.5) is 0 Å². The largest absolute Gasteiger partial charge is 0.469 e. The molecule has 0 aliphatic carbocycles. The molecule has 0 aromatic carbocycles. The first kappa shape index (κ1) is 12.6. The molecular weight excluding hydrogens is 186 g/mol. The van der Waals surface area contributed by atoms with Crippen molar-refractivity contribution < 1.29 is 19.1 Å². The summed E-state index contributed by atoms with van der Waals surface area (Å²) in [4.78, 5) is 32.1. The summed E-state index contributed by atoms with van der Waals surface area (Å²) < 4.78 is 4.34. The Morgan fingerprint density at radius 1 is 1.29 bits per heavy atom. The molecule has 1 N–H and O–H groups in total. The molecule has 5 nitrogen and oxygen atoms in total. The van der Waals surface area contributed by atoms with Crippen molar-refractivity contribution in [1.82, 2.24) is 5.32 Å². The highest BCUT2D eigenvalue weighted by Crippen LogP contribution is 1.95. The fourth-order valence-electron chi connectivity index (χ4n) is 0.872. The van der Waals surface area contributed by atoms with Gasteiger partial charge in [0, 0.05) is 19.9 Å². The predicted octanol–water partition coefficient (Wildman–Crippen LogP) is 0.0349. The topological polar surface area (TPSA) is 72.5 Å². The molecule has 0 aliphatic heterocycles. The van der Waals surface area contributed by atoms with Gasteiger partial charge in [0.2, 0.25) is 5.91 Å². The number of carbonyl (C=O) groups excluding carboxylic acids is 3. The minimum absolute atomic E-state index is 0.120. The third kappa shape index (κ3) is 7.27. The molecule has 0 radical (unpaired) electrons. The van der Waals surface area contributed by atoms with E-state index in [-0.39, 0.29) is 24.5 Å². The van der Waals surface area contributed by atoms with Crippen LogP contribution in [0, 0.1) is 0 Å². The van der Waals surface area contributed by atoms with Crippen molar-refractivity contribution in [2.75, 3.05) is 13.7 Å². The highest BCUT2D eigenvalue weighted by molar-refractivity contribution is 5.95. The molecule has 0 fully saturated rings. The van der Waals surface area contributed by atoms with Crippen LogP contribution in [0.3, 0.4) is 0 Å². The third-order valence-electron chi connectivity index (χ3n) is 1.58. The van der Waals surface area contributed by atoms with Crippen LogP contribution >= 0.6 is 0 Å². The molecule has 0 heterocycles. The van der Waals surface area contributed by atoms with E-state index in [4.69, 9.17) is 0 Å². The second-order valence-corrected chi connectivity index (χ2v) is 2.88. The monoisotopic (exact) mass is 201 g/mol. The first-order chi connectivity index (χ1) is 6.56. The molecular formula is C9H15NO4. The maximum Gasteiger partial charge on any atom is 0.313 e. The van der Waals surface area contributed by atoms with Crippen LogP contribution in [0.5, 0.6) is 0 Å². The van der Waals surface area contributed by atoms with E-state index in [2.05, 4.69) is 10.1 Å². The zero-order valence-electron chi connectivity index (χ0n) is 8.46. The summed E-state index contributed by atoms with van der Waals surface area (Å²) in [6, 6.07) is 0. The maximum absolute atomic E-state index is 11.0. The van der Waals surface area contributed by atoms with Gasteiger partial charge in [-0.05, 0) is 6.42 Å². The minimum Gasteiger partial charge on any atom is -0.469 e. The smallest absolute Gasteiger partial charge is 0.313 e. The molecule has 0 rings (SSSR count). The van der Waals surface area contributed by atoms with Crippen LogP contribution < -0.4 is 5.32 Å². The standard InChI is InChI=1S/C9H15NO4/c1-7(11)10-5-3-4-8(12)6-9(13)14-2/h3-6H2,1-2H3,(H,10,11). The van der Waals surface area contributed by atoms with Crippen LogP contribution in [0.25, 0.3) is 0 Å². The number of rotatable bonds is 6. The van der Waals surface area contributed by atoms with Crippen molar-refractivity contribution in [1.29, 1.82) is 0 Å². The average Bonchev–Trinajstić information content (AvgIpc) is 2.12. The molecule has 0 aromatic heterocycles. The Morgan fingerprint density at radius 2 is 1.93 bits per heavy atom. The fraction of sp³-hybridized carbons (Fsp3) is 0.667. The molecule has 80 valence electrons. The molecule has 0 saturated heterocycles. The first-order valence-electron chi connectivity index (χ1n) is 4.39. The van der Waals surface area contributed by atoms with Gasteiger partial charge < -0.3 is 10.1 Å². The zero-order valence-corrected chi connectivity index (χ0v) is 8.46. The Hall–Kier alpha value is -1.39. The molecule has 0 aliphatic rings. The average molecular weight is 201 g/mol. The Morgan fingerprint density at radius 3 is 2.43 bits per heavy atom. The summed E-state index contributed by atoms with van der Waals surface area (Å²) in [5.74, 6) is -0.804. The number of ketones is 1. The SMILES string of the molecule is COC(=O)CC(=O)CCCNC(C)=O. The molecule has 1 amide bonds. The van der Waals surface area contributed by atoms with Gasteiger partial charge in [-0.2, -0.15) is 0 Å². The summed E-state index contributed by atoms with van der Waals surface area (Å²) in [6.07, 6.45) is 0.654. The molecule has 0 bridgehead atoms. The maximum atomic E-state index is 11.0. The number of hydrogen-bond acceptors (Lipinski definition) is 4. The molecule has 0 saturated carbocycles. The van der Waals surface area contributed by atoms with Crippen molar-refractivity contribution in [3.63, 3.8) is 0 Å². The molecule has 0 unspecified atom stereocenters. The van der Waals surface area contributed by atoms with E-state index in [1.165, 1.54) is 14.0 Å². The second-order valence-electron chi connectivity index (χ2n) is 2.88. The van der Waals surface area contributed by atoms with Gasteiger partial charge >= 0.3 is 5.97 Å². The van der Waals surface area contributed by atoms with Gasteiger partial charge in [-0.3, -0.25) is 14.4 Å². The molecule has 0 aromatic rings. The number of methoxy groups -OCH3 is 1. The quantitative estimate of drug-likeness (QED) is 0.374. The zero-order chi connectivity index (χ0) is 11.0. The lowest BCUT2D eigenvalue weighted by molar-refractivity contribution is -0.143. The summed E-state index contributed by atoms with van der Waals surface area (Å²) >= 11 is 0. The van der Waals surface area contributed by atoms with E-state index in [0.717, 1.165) is 0 Å². The second kappa shape index (κ2) is 7.06. The number of hydrogen-bond donors (Lipinski definition) is 1. The van der Waals surface area contributed by atoms with Crippen molar-refractivity contribution in [2.45, 2.75) is 26.2 Å². The molecule has 0 spiro atoms. The van der Waals surface area contributed by atoms with Crippen LogP contribution in [0.1, 0.15) is 26.2 Å². The van der Waals surface area contributed by atoms with Gasteiger partial charge in [-0.15, -0.1) is 0 Å². The lowest BCUT2D eigenvalue weighted by Crippen LogP contribution is -2.21. The van der Waals surface area contributed by atoms with Crippen LogP contribution in [0.2, 0.25) is 0 Å². The van der Waals surface area contributed by atoms with Crippen molar-refractivity contribution in [2.24, 2.45) is 0 Å². The van der Waals surface area contributed by atoms with Crippen molar-refractivity contribution in [3.8, 4) is 0 Å². The van der Waals surface area contributed by atoms with Gasteiger partial charge in [-0.1, -0.05) is 0 Å². The van der Waals surface area contributed by atoms with Crippen molar-refractivity contribution >= 4 is 17.7 Å². The van der Waals surface area contributed by atoms with E-state index < -0.39 is 5.97 Å². The van der Waals surface area contributed by atoms with Crippen LogP contribution in [0.15, 0.2) is 0 Å². The van der Waals surface area contributed by atoms with E-state index in [1.807, 2.05) is 0 Å². The van der Waals surface area contributed by atoms with Gasteiger partial charge in [-0.25, -0.2) is 0 Å². The van der Waals surface area contributed by atoms with Gasteiger partial charge in [0.05, 0.1) is 7.11 Å². The van der Waals surface area contributed by atoms with E-state index >= 15 is 0 Å². The van der Waals surface area contributed by atoms with E-state index in [0.29, 0.717) is 13.0 Å². The Bertz CT molecular complexity index is 225. The summed E-state index contributed by atoms with van der Waals surface area (Å²) in [5, 5.41) is 2.56. The Kier molecular flexibility index (Phi) is 6.36. The van der Waals surface area contributed by atoms with Gasteiger partial charge in [0.25, 0.3) is 0 Å². The number of Topliss-reactive ketones (excluding diaryl/α,β-unsaturated/α-hetero) is 1. The molecule has 5 heteroatoms. The highest BCUT2D eigenvalue weighted by Gasteiger charge is 2.08. The predicted molar refractivity (Wildman–Crippen MR) is 49.6 cm³/mol. The number of ether oxygens (including phenoxy) is 1. The summed E-state index contributed by atoms with van der Waals surface area (Å²) in [7, 11) is 1.24. The van der Waals surface area contributed by atoms with Crippen LogP contribution in [-0.2, 0) is 19.1 Å². The third-order valence-corrected chi connectivity index (χ3v) is 1.58. The lowest BCUT2D eigenvalue weighted by atomic mass is 10.1. The number of esters is 1. The fourth-order valence-corrected chi connectivity index (χ4v) is 0.872. The lowest BCUT2D eigenvalue weighted by Gasteiger charge is -2.01. The summed E-state index contributed by atoms with van der Waals surface area (Å²) in [6.45, 7) is 1.87. The molecule has 0 atom stereocenters. The van der Waals surface area contributed by atoms with E-state index in [1.54, 1.807) is 0 Å². The van der Waals surface area contributed by atoms with Crippen molar-refractivity contribution in [3.05, 3.63) is 0 Å². The normalized spacial score (nSPS) is 9.29. The summed E-state index contributed by atoms with van der Waals surface area (Å²) in [5.41, 5.74) is 0. The first-order valence-corrected chi connectivity index (χ1v) is 4.39. The van der Waals surface area contributed by atoms with Gasteiger partial charge in [0.1, 0.15) is 12.2 Å². The molecule has 14 heavy (non-hydrogen) atoms. The van der Waals surface area contributed by atoms with E-state index in [9.17, 15) is 14.4 Å². The van der Waals surface area contributed by atoms with Gasteiger partial charge in [0.15, 0.2) is 0 Å². The number of amides is 1. The highest BCUT2D eigenvalue weighted by atomic mass is 16.5. The number of carbonyl (C=O) groups is 3. The Balaban J connectivity index is 3.45. The van der Waals surface area contributed by atoms with Crippen LogP contribution in [-0.4, -0.2) is 31.3 Å². The number of nitrogens with one attached hydrogen (secondary N) is 1. The Labute approximate surface area is 82.8 Å².